The van der Waals surface area contributed by atoms with E-state index in [1.165, 1.54) is 32.4 Å². The highest BCUT2D eigenvalue weighted by Crippen LogP contribution is 2.23. The van der Waals surface area contributed by atoms with Crippen LogP contribution in [0, 0.1) is 0 Å². The number of benzene rings is 2. The van der Waals surface area contributed by atoms with E-state index in [-0.39, 0.29) is 29.0 Å². The monoisotopic (exact) mass is 402 g/mol. The minimum atomic E-state index is -0.713. The average molecular weight is 402 g/mol. The number of ether oxygens (including phenoxy) is 5. The Balaban J connectivity index is 2.26. The van der Waals surface area contributed by atoms with Gasteiger partial charge in [0.05, 0.1) is 32.0 Å². The summed E-state index contributed by atoms with van der Waals surface area (Å²) in [5.74, 6) is -1.77. The highest BCUT2D eigenvalue weighted by Gasteiger charge is 2.19. The van der Waals surface area contributed by atoms with Crippen LogP contribution in [0.5, 0.6) is 11.5 Å². The van der Waals surface area contributed by atoms with Crippen LogP contribution in [0.2, 0.25) is 0 Å². The van der Waals surface area contributed by atoms with Gasteiger partial charge in [0, 0.05) is 6.61 Å². The van der Waals surface area contributed by atoms with Gasteiger partial charge in [-0.1, -0.05) is 12.1 Å². The predicted octanol–water partition coefficient (Wildman–Crippen LogP) is 2.89. The molecule has 0 saturated heterocycles. The molecule has 2 rings (SSSR count). The molecule has 29 heavy (non-hydrogen) atoms. The molecule has 0 unspecified atom stereocenters. The molecule has 0 N–H and O–H groups in total. The smallest absolute Gasteiger partial charge is 0.347 e. The lowest BCUT2D eigenvalue weighted by molar-refractivity contribution is 0.0593. The molecule has 0 bridgehead atoms. The fourth-order valence-corrected chi connectivity index (χ4v) is 2.41. The summed E-state index contributed by atoms with van der Waals surface area (Å²) >= 11 is 0. The van der Waals surface area contributed by atoms with Gasteiger partial charge < -0.3 is 23.7 Å². The van der Waals surface area contributed by atoms with Crippen LogP contribution >= 0.6 is 0 Å². The third-order valence-electron chi connectivity index (χ3n) is 3.76. The molecule has 0 aromatic heterocycles. The Morgan fingerprint density at radius 3 is 2.03 bits per heavy atom. The molecule has 2 aromatic carbocycles. The van der Waals surface area contributed by atoms with Crippen molar-refractivity contribution < 1.29 is 38.1 Å². The largest absolute Gasteiger partial charge is 0.490 e. The molecule has 8 nitrogen and oxygen atoms in total. The SMILES string of the molecule is CCOCCOc1ccccc1C(=O)Oc1cc(C(=O)OC)cc(C(=O)OC)c1. The molecule has 0 aliphatic heterocycles. The molecular formula is C21H22O8. The maximum Gasteiger partial charge on any atom is 0.347 e. The van der Waals surface area contributed by atoms with Crippen LogP contribution in [0.1, 0.15) is 38.0 Å². The molecule has 0 heterocycles. The van der Waals surface area contributed by atoms with Gasteiger partial charge in [0.2, 0.25) is 0 Å². The molecule has 0 aliphatic carbocycles. The van der Waals surface area contributed by atoms with E-state index in [4.69, 9.17) is 14.2 Å². The van der Waals surface area contributed by atoms with Crippen LogP contribution in [0.15, 0.2) is 42.5 Å². The van der Waals surface area contributed by atoms with Gasteiger partial charge in [0.25, 0.3) is 0 Å². The first-order valence-corrected chi connectivity index (χ1v) is 8.83. The van der Waals surface area contributed by atoms with E-state index in [1.54, 1.807) is 24.3 Å². The predicted molar refractivity (Wildman–Crippen MR) is 103 cm³/mol. The van der Waals surface area contributed by atoms with Crippen LogP contribution in [0.25, 0.3) is 0 Å². The van der Waals surface area contributed by atoms with Crippen LogP contribution in [0.4, 0.5) is 0 Å². The van der Waals surface area contributed by atoms with Gasteiger partial charge in [-0.05, 0) is 37.3 Å². The second kappa shape index (κ2) is 10.8. The van der Waals surface area contributed by atoms with Gasteiger partial charge in [-0.2, -0.15) is 0 Å². The summed E-state index contributed by atoms with van der Waals surface area (Å²) in [7, 11) is 2.41. The summed E-state index contributed by atoms with van der Waals surface area (Å²) in [5.41, 5.74) is 0.269. The van der Waals surface area contributed by atoms with Crippen molar-refractivity contribution in [3.63, 3.8) is 0 Å². The zero-order valence-electron chi connectivity index (χ0n) is 16.4. The van der Waals surface area contributed by atoms with Crippen LogP contribution in [0.3, 0.4) is 0 Å². The molecular weight excluding hydrogens is 380 g/mol. The number of carbonyl (C=O) groups is 3. The molecule has 0 fully saturated rings. The number of rotatable bonds is 9. The number of hydrogen-bond donors (Lipinski definition) is 0. The van der Waals surface area contributed by atoms with E-state index in [2.05, 4.69) is 9.47 Å². The zero-order chi connectivity index (χ0) is 21.2. The van der Waals surface area contributed by atoms with Gasteiger partial charge >= 0.3 is 17.9 Å². The van der Waals surface area contributed by atoms with Crippen molar-refractivity contribution in [2.24, 2.45) is 0 Å². The molecule has 2 aromatic rings. The van der Waals surface area contributed by atoms with Crippen molar-refractivity contribution in [1.82, 2.24) is 0 Å². The summed E-state index contributed by atoms with van der Waals surface area (Å²) in [6.07, 6.45) is 0. The number of methoxy groups -OCH3 is 2. The number of hydrogen-bond acceptors (Lipinski definition) is 8. The number of carbonyl (C=O) groups excluding carboxylic acids is 3. The van der Waals surface area contributed by atoms with E-state index in [0.29, 0.717) is 19.0 Å². The third kappa shape index (κ3) is 6.05. The van der Waals surface area contributed by atoms with Gasteiger partial charge in [-0.15, -0.1) is 0 Å². The van der Waals surface area contributed by atoms with Gasteiger partial charge in [0.1, 0.15) is 23.7 Å². The first-order valence-electron chi connectivity index (χ1n) is 8.83. The lowest BCUT2D eigenvalue weighted by atomic mass is 10.1. The minimum Gasteiger partial charge on any atom is -0.490 e. The molecule has 154 valence electrons. The third-order valence-corrected chi connectivity index (χ3v) is 3.76. The summed E-state index contributed by atoms with van der Waals surface area (Å²) in [6, 6.07) is 10.5. The normalized spacial score (nSPS) is 10.2. The number of esters is 3. The Bertz CT molecular complexity index is 840. The quantitative estimate of drug-likeness (QED) is 0.359. The Kier molecular flexibility index (Phi) is 8.17. The van der Waals surface area contributed by atoms with E-state index in [0.717, 1.165) is 0 Å². The second-order valence-corrected chi connectivity index (χ2v) is 5.66. The Morgan fingerprint density at radius 1 is 0.828 bits per heavy atom. The van der Waals surface area contributed by atoms with E-state index >= 15 is 0 Å². The van der Waals surface area contributed by atoms with Crippen LogP contribution < -0.4 is 9.47 Å². The Labute approximate surface area is 168 Å². The van der Waals surface area contributed by atoms with Gasteiger partial charge in [-0.3, -0.25) is 0 Å². The van der Waals surface area contributed by atoms with Crippen molar-refractivity contribution in [2.45, 2.75) is 6.92 Å². The van der Waals surface area contributed by atoms with Crippen molar-refractivity contribution in [3.8, 4) is 11.5 Å². The molecule has 0 radical (unpaired) electrons. The van der Waals surface area contributed by atoms with Crippen molar-refractivity contribution in [1.29, 1.82) is 0 Å². The summed E-state index contributed by atoms with van der Waals surface area (Å²) < 4.78 is 25.5. The van der Waals surface area contributed by atoms with Crippen molar-refractivity contribution in [2.75, 3.05) is 34.0 Å². The highest BCUT2D eigenvalue weighted by molar-refractivity contribution is 5.97. The maximum absolute atomic E-state index is 12.7. The highest BCUT2D eigenvalue weighted by atomic mass is 16.5. The topological polar surface area (TPSA) is 97.4 Å². The summed E-state index contributed by atoms with van der Waals surface area (Å²) in [4.78, 5) is 36.4. The van der Waals surface area contributed by atoms with Crippen molar-refractivity contribution >= 4 is 17.9 Å². The van der Waals surface area contributed by atoms with E-state index in [1.807, 2.05) is 6.92 Å². The first kappa shape index (κ1) is 21.9. The Hall–Kier alpha value is -3.39. The zero-order valence-corrected chi connectivity index (χ0v) is 16.4. The van der Waals surface area contributed by atoms with E-state index < -0.39 is 17.9 Å². The first-order chi connectivity index (χ1) is 14.0. The molecule has 0 saturated carbocycles. The minimum absolute atomic E-state index is 0.0116. The van der Waals surface area contributed by atoms with Gasteiger partial charge in [0.15, 0.2) is 0 Å². The fourth-order valence-electron chi connectivity index (χ4n) is 2.41. The average Bonchev–Trinajstić information content (AvgIpc) is 2.75. The number of para-hydroxylation sites is 1. The lowest BCUT2D eigenvalue weighted by Crippen LogP contribution is -2.14. The molecule has 0 atom stereocenters. The maximum atomic E-state index is 12.7. The van der Waals surface area contributed by atoms with Crippen LogP contribution in [-0.4, -0.2) is 51.9 Å². The summed E-state index contributed by atoms with van der Waals surface area (Å²) in [5, 5.41) is 0. The molecule has 8 heteroatoms. The van der Waals surface area contributed by atoms with Crippen molar-refractivity contribution in [3.05, 3.63) is 59.2 Å². The second-order valence-electron chi connectivity index (χ2n) is 5.66. The summed E-state index contributed by atoms with van der Waals surface area (Å²) in [6.45, 7) is 3.08. The van der Waals surface area contributed by atoms with Gasteiger partial charge in [-0.25, -0.2) is 14.4 Å². The van der Waals surface area contributed by atoms with Crippen LogP contribution in [-0.2, 0) is 14.2 Å². The molecule has 0 aliphatic rings. The fraction of sp³-hybridized carbons (Fsp3) is 0.286. The lowest BCUT2D eigenvalue weighted by Gasteiger charge is -2.12. The standard InChI is InChI=1S/C21H22O8/c1-4-27-9-10-28-18-8-6-5-7-17(18)21(24)29-16-12-14(19(22)25-2)11-15(13-16)20(23)26-3/h5-8,11-13H,4,9-10H2,1-3H3. The molecule has 0 spiro atoms. The van der Waals surface area contributed by atoms with E-state index in [9.17, 15) is 14.4 Å². The Morgan fingerprint density at radius 2 is 1.45 bits per heavy atom. The molecule has 0 amide bonds.